The number of aromatic nitrogens is 3. The van der Waals surface area contributed by atoms with Gasteiger partial charge >= 0.3 is 11.7 Å². The summed E-state index contributed by atoms with van der Waals surface area (Å²) in [6, 6.07) is 10.5. The average Bonchev–Trinajstić information content (AvgIpc) is 3.14. The molecule has 1 aliphatic heterocycles. The maximum absolute atomic E-state index is 13.2. The van der Waals surface area contributed by atoms with Crippen molar-refractivity contribution in [3.8, 4) is 0 Å². The van der Waals surface area contributed by atoms with Gasteiger partial charge in [0.25, 0.3) is 10.8 Å². The van der Waals surface area contributed by atoms with Gasteiger partial charge in [-0.3, -0.25) is 33.6 Å². The number of benzene rings is 1. The van der Waals surface area contributed by atoms with E-state index in [1.807, 2.05) is 24.3 Å². The lowest BCUT2D eigenvalue weighted by Gasteiger charge is -2.14. The summed E-state index contributed by atoms with van der Waals surface area (Å²) in [5.74, 6) is -0.786. The molecule has 0 aliphatic carbocycles. The van der Waals surface area contributed by atoms with E-state index in [2.05, 4.69) is 10.3 Å². The van der Waals surface area contributed by atoms with E-state index in [4.69, 9.17) is 4.74 Å². The molecule has 1 unspecified atom stereocenters. The molecular formula is C23H22N4O6S. The highest BCUT2D eigenvalue weighted by Crippen LogP contribution is 2.23. The fraction of sp³-hybridized carbons (Fsp3) is 0.304. The van der Waals surface area contributed by atoms with Crippen molar-refractivity contribution in [2.75, 3.05) is 6.61 Å². The number of rotatable bonds is 8. The molecule has 4 rings (SSSR count). The molecule has 10 nitrogen and oxygen atoms in total. The maximum Gasteiger partial charge on any atom is 0.332 e. The highest BCUT2D eigenvalue weighted by molar-refractivity contribution is 8.15. The van der Waals surface area contributed by atoms with E-state index >= 15 is 0 Å². The smallest absolute Gasteiger partial charge is 0.332 e. The molecule has 1 fully saturated rings. The van der Waals surface area contributed by atoms with Crippen molar-refractivity contribution >= 4 is 39.9 Å². The second-order valence-corrected chi connectivity index (χ2v) is 8.83. The number of carbonyl (C=O) groups excluding carboxylic acids is 3. The van der Waals surface area contributed by atoms with Crippen molar-refractivity contribution in [2.24, 2.45) is 0 Å². The third-order valence-corrected chi connectivity index (χ3v) is 6.36. The molecule has 34 heavy (non-hydrogen) atoms. The van der Waals surface area contributed by atoms with Gasteiger partial charge in [-0.15, -0.1) is 0 Å². The van der Waals surface area contributed by atoms with Gasteiger partial charge in [-0.2, -0.15) is 0 Å². The molecule has 0 bridgehead atoms. The van der Waals surface area contributed by atoms with Gasteiger partial charge in [0.05, 0.1) is 30.2 Å². The predicted molar refractivity (Wildman–Crippen MR) is 126 cm³/mol. The number of carbonyl (C=O) groups is 3. The number of hydrogen-bond donors (Lipinski definition) is 1. The first-order valence-corrected chi connectivity index (χ1v) is 11.6. The van der Waals surface area contributed by atoms with Crippen LogP contribution in [-0.4, -0.2) is 43.1 Å². The van der Waals surface area contributed by atoms with Gasteiger partial charge in [0, 0.05) is 12.7 Å². The molecule has 1 atom stereocenters. The lowest BCUT2D eigenvalue weighted by atomic mass is 10.1. The molecule has 1 aliphatic rings. The number of ether oxygens (including phenoxy) is 1. The molecule has 1 aromatic carbocycles. The Balaban J connectivity index is 1.61. The molecule has 176 valence electrons. The number of nitrogens with one attached hydrogen (secondary N) is 1. The molecule has 2 aromatic heterocycles. The van der Waals surface area contributed by atoms with Gasteiger partial charge in [0.15, 0.2) is 0 Å². The first-order chi connectivity index (χ1) is 16.4. The van der Waals surface area contributed by atoms with Gasteiger partial charge in [0.2, 0.25) is 5.91 Å². The van der Waals surface area contributed by atoms with Gasteiger partial charge in [-0.25, -0.2) is 9.78 Å². The summed E-state index contributed by atoms with van der Waals surface area (Å²) < 4.78 is 7.34. The summed E-state index contributed by atoms with van der Waals surface area (Å²) in [6.07, 6.45) is 1.82. The lowest BCUT2D eigenvalue weighted by Crippen LogP contribution is -2.41. The summed E-state index contributed by atoms with van der Waals surface area (Å²) in [7, 11) is 0. The number of thioether (sulfide) groups is 1. The van der Waals surface area contributed by atoms with Crippen LogP contribution in [0, 0.1) is 0 Å². The Morgan fingerprint density at radius 2 is 1.82 bits per heavy atom. The summed E-state index contributed by atoms with van der Waals surface area (Å²) in [4.78, 5) is 65.3. The molecule has 2 amide bonds. The van der Waals surface area contributed by atoms with Crippen molar-refractivity contribution in [1.29, 1.82) is 0 Å². The van der Waals surface area contributed by atoms with Crippen molar-refractivity contribution in [1.82, 2.24) is 19.4 Å². The molecule has 3 aromatic rings. The molecule has 11 heteroatoms. The van der Waals surface area contributed by atoms with Crippen LogP contribution in [0.5, 0.6) is 0 Å². The topological polar surface area (TPSA) is 129 Å². The van der Waals surface area contributed by atoms with Crippen molar-refractivity contribution in [2.45, 2.75) is 38.1 Å². The zero-order chi connectivity index (χ0) is 24.2. The number of pyridine rings is 1. The molecule has 1 N–H and O–H groups in total. The summed E-state index contributed by atoms with van der Waals surface area (Å²) in [6.45, 7) is 1.96. The van der Waals surface area contributed by atoms with Crippen molar-refractivity contribution < 1.29 is 19.1 Å². The van der Waals surface area contributed by atoms with Gasteiger partial charge < -0.3 is 4.74 Å². The van der Waals surface area contributed by atoms with E-state index in [0.717, 1.165) is 27.5 Å². The summed E-state index contributed by atoms with van der Waals surface area (Å²) >= 11 is 0.973. The quantitative estimate of drug-likeness (QED) is 0.478. The minimum absolute atomic E-state index is 0.0971. The lowest BCUT2D eigenvalue weighted by molar-refractivity contribution is -0.143. The zero-order valence-corrected chi connectivity index (χ0v) is 19.2. The van der Waals surface area contributed by atoms with Gasteiger partial charge in [0.1, 0.15) is 5.65 Å². The molecule has 0 saturated carbocycles. The molecule has 0 spiro atoms. The van der Waals surface area contributed by atoms with Crippen LogP contribution in [0.1, 0.15) is 24.5 Å². The van der Waals surface area contributed by atoms with Crippen LogP contribution in [0.25, 0.3) is 11.0 Å². The first kappa shape index (κ1) is 23.4. The first-order valence-electron chi connectivity index (χ1n) is 10.7. The Morgan fingerprint density at radius 1 is 1.09 bits per heavy atom. The van der Waals surface area contributed by atoms with E-state index in [0.29, 0.717) is 6.42 Å². The maximum atomic E-state index is 13.2. The van der Waals surface area contributed by atoms with Gasteiger partial charge in [-0.05, 0) is 36.6 Å². The van der Waals surface area contributed by atoms with Crippen LogP contribution in [0.15, 0.2) is 52.2 Å². The zero-order valence-electron chi connectivity index (χ0n) is 18.4. The monoisotopic (exact) mass is 482 g/mol. The fourth-order valence-corrected chi connectivity index (χ4v) is 4.59. The van der Waals surface area contributed by atoms with Crippen LogP contribution in [0.3, 0.4) is 0 Å². The summed E-state index contributed by atoms with van der Waals surface area (Å²) in [5, 5.41) is 1.74. The standard InChI is InChI=1S/C23H22N4O6S/c1-2-33-18(28)9-11-26-21(30)16-4-3-10-24-19(16)27(23(26)32)13-15-7-5-14(6-8-15)12-17-20(29)25-22(31)34-17/h3-8,10,17H,2,9,11-13H2,1H3,(H,25,29,31). The summed E-state index contributed by atoms with van der Waals surface area (Å²) in [5.41, 5.74) is 0.841. The van der Waals surface area contributed by atoms with E-state index in [9.17, 15) is 24.0 Å². The van der Waals surface area contributed by atoms with E-state index in [1.54, 1.807) is 19.1 Å². The molecule has 3 heterocycles. The number of esters is 1. The SMILES string of the molecule is CCOC(=O)CCn1c(=O)c2cccnc2n(Cc2ccc(CC3SC(=O)NC3=O)cc2)c1=O. The number of fused-ring (bicyclic) bond motifs is 1. The largest absolute Gasteiger partial charge is 0.466 e. The minimum atomic E-state index is -0.567. The fourth-order valence-electron chi connectivity index (χ4n) is 3.73. The van der Waals surface area contributed by atoms with Crippen molar-refractivity contribution in [3.63, 3.8) is 0 Å². The van der Waals surface area contributed by atoms with E-state index < -0.39 is 22.5 Å². The Kier molecular flexibility index (Phi) is 6.92. The Hall–Kier alpha value is -3.73. The van der Waals surface area contributed by atoms with Crippen LogP contribution >= 0.6 is 11.8 Å². The van der Waals surface area contributed by atoms with Crippen LogP contribution in [-0.2, 0) is 33.8 Å². The normalized spacial score (nSPS) is 15.5. The van der Waals surface area contributed by atoms with Crippen molar-refractivity contribution in [3.05, 3.63) is 74.6 Å². The molecular weight excluding hydrogens is 460 g/mol. The van der Waals surface area contributed by atoms with Crippen LogP contribution < -0.4 is 16.6 Å². The second-order valence-electron chi connectivity index (χ2n) is 7.66. The predicted octanol–water partition coefficient (Wildman–Crippen LogP) is 1.45. The number of hydrogen-bond acceptors (Lipinski definition) is 8. The Morgan fingerprint density at radius 3 is 2.50 bits per heavy atom. The van der Waals surface area contributed by atoms with Gasteiger partial charge in [-0.1, -0.05) is 36.0 Å². The third kappa shape index (κ3) is 4.93. The third-order valence-electron chi connectivity index (χ3n) is 5.38. The number of nitrogens with zero attached hydrogens (tertiary/aromatic N) is 3. The highest BCUT2D eigenvalue weighted by atomic mass is 32.2. The highest BCUT2D eigenvalue weighted by Gasteiger charge is 2.31. The average molecular weight is 483 g/mol. The van der Waals surface area contributed by atoms with Crippen LogP contribution in [0.2, 0.25) is 0 Å². The Bertz CT molecular complexity index is 1380. The second kappa shape index (κ2) is 10.0. The van der Waals surface area contributed by atoms with Crippen LogP contribution in [0.4, 0.5) is 4.79 Å². The minimum Gasteiger partial charge on any atom is -0.466 e. The number of amides is 2. The molecule has 1 saturated heterocycles. The molecule has 0 radical (unpaired) electrons. The number of imide groups is 1. The Labute approximate surface area is 197 Å². The van der Waals surface area contributed by atoms with E-state index in [1.165, 1.54) is 10.8 Å². The van der Waals surface area contributed by atoms with E-state index in [-0.39, 0.29) is 48.3 Å².